The summed E-state index contributed by atoms with van der Waals surface area (Å²) in [6.45, 7) is 5.90. The third kappa shape index (κ3) is 2.79. The van der Waals surface area contributed by atoms with Gasteiger partial charge in [0.15, 0.2) is 6.10 Å². The molecule has 5 nitrogen and oxygen atoms in total. The lowest BCUT2D eigenvalue weighted by Crippen LogP contribution is -2.38. The minimum atomic E-state index is -0.829. The number of amides is 2. The van der Waals surface area contributed by atoms with Gasteiger partial charge in [-0.15, -0.1) is 11.3 Å². The van der Waals surface area contributed by atoms with E-state index in [2.05, 4.69) is 0 Å². The number of fused-ring (bicyclic) bond motifs is 1. The lowest BCUT2D eigenvalue weighted by Gasteiger charge is -2.28. The maximum Gasteiger partial charge on any atom is 0.266 e. The highest BCUT2D eigenvalue weighted by molar-refractivity contribution is 7.10. The third-order valence-electron chi connectivity index (χ3n) is 5.82. The van der Waals surface area contributed by atoms with Gasteiger partial charge in [0.1, 0.15) is 12.0 Å². The number of nitrogens with zero attached hydrogens (tertiary/aromatic N) is 2. The molecule has 6 heteroatoms. The van der Waals surface area contributed by atoms with Crippen LogP contribution in [0.5, 0.6) is 0 Å². The second kappa shape index (κ2) is 7.07. The molecular weight excluding hydrogens is 396 g/mol. The molecule has 2 fully saturated rings. The number of benzene rings is 2. The molecule has 0 N–H and O–H groups in total. The first kappa shape index (κ1) is 19.0. The van der Waals surface area contributed by atoms with Crippen LogP contribution in [0.1, 0.15) is 27.6 Å². The fourth-order valence-corrected chi connectivity index (χ4v) is 5.56. The predicted molar refractivity (Wildman–Crippen MR) is 117 cm³/mol. The number of carbonyl (C=O) groups is 2. The van der Waals surface area contributed by atoms with Crippen LogP contribution in [0.25, 0.3) is 0 Å². The van der Waals surface area contributed by atoms with Gasteiger partial charge in [0.05, 0.1) is 11.4 Å². The first-order chi connectivity index (χ1) is 14.5. The molecule has 0 spiro atoms. The van der Waals surface area contributed by atoms with E-state index in [1.165, 1.54) is 4.90 Å². The Bertz CT molecular complexity index is 1100. The smallest absolute Gasteiger partial charge is 0.266 e. The summed E-state index contributed by atoms with van der Waals surface area (Å²) in [6.07, 6.45) is -0.829. The summed E-state index contributed by atoms with van der Waals surface area (Å²) in [5.41, 5.74) is 4.46. The van der Waals surface area contributed by atoms with Crippen molar-refractivity contribution in [2.24, 2.45) is 5.92 Å². The molecule has 3 heterocycles. The van der Waals surface area contributed by atoms with Crippen molar-refractivity contribution in [1.29, 1.82) is 0 Å². The molecule has 0 unspecified atom stereocenters. The van der Waals surface area contributed by atoms with Crippen molar-refractivity contribution in [3.05, 3.63) is 81.5 Å². The quantitative estimate of drug-likeness (QED) is 0.578. The number of hydrogen-bond acceptors (Lipinski definition) is 5. The van der Waals surface area contributed by atoms with E-state index in [9.17, 15) is 9.59 Å². The van der Waals surface area contributed by atoms with E-state index < -0.39 is 12.0 Å². The highest BCUT2D eigenvalue weighted by Gasteiger charge is 2.60. The maximum atomic E-state index is 13.7. The third-order valence-corrected chi connectivity index (χ3v) is 6.76. The van der Waals surface area contributed by atoms with Crippen LogP contribution < -0.4 is 9.96 Å². The van der Waals surface area contributed by atoms with E-state index in [1.54, 1.807) is 16.4 Å². The fraction of sp³-hybridized carbons (Fsp3) is 0.250. The van der Waals surface area contributed by atoms with Gasteiger partial charge in [0.2, 0.25) is 5.91 Å². The SMILES string of the molecule is Cc1cc(C)c(N2C(=O)[C@@H]3[C@@H](c4cccs4)N(c4ccccc4)O[C@H]3C2=O)c(C)c1. The standard InChI is InChI=1S/C24H22N2O3S/c1-14-12-15(2)20(16(3)13-14)25-23(27)19-21(18-10-7-11-30-18)26(29-22(19)24(25)28)17-8-5-4-6-9-17/h4-13,19,21-22H,1-3H3/t19-,21-,22-/m1/s1. The molecule has 3 aromatic rings. The molecule has 2 amide bonds. The zero-order valence-corrected chi connectivity index (χ0v) is 17.8. The van der Waals surface area contributed by atoms with Crippen molar-refractivity contribution in [3.8, 4) is 0 Å². The van der Waals surface area contributed by atoms with E-state index in [0.29, 0.717) is 5.69 Å². The molecule has 0 bridgehead atoms. The van der Waals surface area contributed by atoms with E-state index in [4.69, 9.17) is 4.84 Å². The number of aryl methyl sites for hydroxylation is 3. The van der Waals surface area contributed by atoms with Crippen LogP contribution in [0.4, 0.5) is 11.4 Å². The Hall–Kier alpha value is -2.96. The molecule has 0 aliphatic carbocycles. The van der Waals surface area contributed by atoms with Gasteiger partial charge in [-0.3, -0.25) is 14.4 Å². The van der Waals surface area contributed by atoms with Gasteiger partial charge in [-0.05, 0) is 55.5 Å². The van der Waals surface area contributed by atoms with Crippen molar-refractivity contribution in [3.63, 3.8) is 0 Å². The number of rotatable bonds is 3. The molecule has 0 radical (unpaired) electrons. The average molecular weight is 419 g/mol. The topological polar surface area (TPSA) is 49.9 Å². The molecule has 2 aromatic carbocycles. The fourth-order valence-electron chi connectivity index (χ4n) is 4.71. The maximum absolute atomic E-state index is 13.7. The van der Waals surface area contributed by atoms with Gasteiger partial charge in [-0.2, -0.15) is 0 Å². The number of imide groups is 1. The average Bonchev–Trinajstić information content (AvgIpc) is 3.42. The van der Waals surface area contributed by atoms with Crippen LogP contribution in [-0.4, -0.2) is 17.9 Å². The summed E-state index contributed by atoms with van der Waals surface area (Å²) >= 11 is 1.57. The molecule has 152 valence electrons. The number of para-hydroxylation sites is 1. The van der Waals surface area contributed by atoms with E-state index in [0.717, 1.165) is 27.3 Å². The molecule has 0 saturated carbocycles. The molecule has 30 heavy (non-hydrogen) atoms. The first-order valence-corrected chi connectivity index (χ1v) is 10.9. The number of carbonyl (C=O) groups excluding carboxylic acids is 2. The van der Waals surface area contributed by atoms with Crippen LogP contribution in [0, 0.1) is 26.7 Å². The lowest BCUT2D eigenvalue weighted by atomic mass is 9.95. The Morgan fingerprint density at radius 3 is 2.23 bits per heavy atom. The molecular formula is C24H22N2O3S. The summed E-state index contributed by atoms with van der Waals surface area (Å²) in [6, 6.07) is 17.3. The molecule has 5 rings (SSSR count). The van der Waals surface area contributed by atoms with Crippen LogP contribution in [0.3, 0.4) is 0 Å². The summed E-state index contributed by atoms with van der Waals surface area (Å²) in [5.74, 6) is -1.08. The second-order valence-electron chi connectivity index (χ2n) is 7.93. The van der Waals surface area contributed by atoms with Crippen LogP contribution in [0.2, 0.25) is 0 Å². The lowest BCUT2D eigenvalue weighted by molar-refractivity contribution is -0.126. The van der Waals surface area contributed by atoms with Crippen molar-refractivity contribution in [2.75, 3.05) is 9.96 Å². The first-order valence-electron chi connectivity index (χ1n) is 9.97. The van der Waals surface area contributed by atoms with Crippen molar-refractivity contribution in [2.45, 2.75) is 32.9 Å². The molecule has 1 aromatic heterocycles. The normalized spacial score (nSPS) is 23.4. The van der Waals surface area contributed by atoms with Crippen LogP contribution in [0.15, 0.2) is 60.0 Å². The summed E-state index contributed by atoms with van der Waals surface area (Å²) in [5, 5.41) is 3.72. The van der Waals surface area contributed by atoms with E-state index >= 15 is 0 Å². The largest absolute Gasteiger partial charge is 0.273 e. The molecule has 3 atom stereocenters. The Morgan fingerprint density at radius 1 is 0.900 bits per heavy atom. The number of thiophene rings is 1. The monoisotopic (exact) mass is 418 g/mol. The van der Waals surface area contributed by atoms with Crippen LogP contribution in [-0.2, 0) is 14.4 Å². The summed E-state index contributed by atoms with van der Waals surface area (Å²) < 4.78 is 0. The van der Waals surface area contributed by atoms with Gasteiger partial charge in [-0.25, -0.2) is 9.96 Å². The van der Waals surface area contributed by atoms with Gasteiger partial charge >= 0.3 is 0 Å². The summed E-state index contributed by atoms with van der Waals surface area (Å²) in [7, 11) is 0. The Kier molecular flexibility index (Phi) is 4.49. The molecule has 2 saturated heterocycles. The molecule has 2 aliphatic heterocycles. The van der Waals surface area contributed by atoms with Gasteiger partial charge in [0, 0.05) is 4.88 Å². The minimum absolute atomic E-state index is 0.197. The number of anilines is 2. The Morgan fingerprint density at radius 2 is 1.60 bits per heavy atom. The second-order valence-corrected chi connectivity index (χ2v) is 8.91. The van der Waals surface area contributed by atoms with Crippen molar-refractivity contribution < 1.29 is 14.4 Å². The van der Waals surface area contributed by atoms with E-state index in [-0.39, 0.29) is 17.9 Å². The van der Waals surface area contributed by atoms with Crippen molar-refractivity contribution >= 4 is 34.5 Å². The van der Waals surface area contributed by atoms with Crippen molar-refractivity contribution in [1.82, 2.24) is 0 Å². The van der Waals surface area contributed by atoms with Gasteiger partial charge < -0.3 is 0 Å². The minimum Gasteiger partial charge on any atom is -0.273 e. The zero-order chi connectivity index (χ0) is 21.0. The highest BCUT2D eigenvalue weighted by atomic mass is 32.1. The Balaban J connectivity index is 1.60. The zero-order valence-electron chi connectivity index (χ0n) is 17.0. The molecule has 2 aliphatic rings. The highest BCUT2D eigenvalue weighted by Crippen LogP contribution is 2.49. The summed E-state index contributed by atoms with van der Waals surface area (Å²) in [4.78, 5) is 35.6. The van der Waals surface area contributed by atoms with Gasteiger partial charge in [0.25, 0.3) is 5.91 Å². The Labute approximate surface area is 179 Å². The number of hydroxylamine groups is 1. The predicted octanol–water partition coefficient (Wildman–Crippen LogP) is 4.72. The van der Waals surface area contributed by atoms with E-state index in [1.807, 2.05) is 80.7 Å². The number of hydrogen-bond donors (Lipinski definition) is 0. The van der Waals surface area contributed by atoms with Gasteiger partial charge in [-0.1, -0.05) is 42.0 Å². The van der Waals surface area contributed by atoms with Crippen LogP contribution >= 0.6 is 11.3 Å².